The number of pyridine rings is 1. The monoisotopic (exact) mass is 209 g/mol. The van der Waals surface area contributed by atoms with E-state index in [0.717, 1.165) is 0 Å². The van der Waals surface area contributed by atoms with Gasteiger partial charge in [-0.1, -0.05) is 0 Å². The van der Waals surface area contributed by atoms with Crippen LogP contribution >= 0.6 is 11.6 Å². The molecule has 0 saturated carbocycles. The largest absolute Gasteiger partial charge is 0.493 e. The summed E-state index contributed by atoms with van der Waals surface area (Å²) in [6.07, 6.45) is 5.01. The van der Waals surface area contributed by atoms with Gasteiger partial charge in [0.2, 0.25) is 5.28 Å². The Labute approximate surface area is 86.1 Å². The lowest BCUT2D eigenvalue weighted by Gasteiger charge is -2.07. The lowest BCUT2D eigenvalue weighted by molar-refractivity contribution is 0.410. The molecule has 14 heavy (non-hydrogen) atoms. The molecule has 72 valence electrons. The summed E-state index contributed by atoms with van der Waals surface area (Å²) < 4.78 is 6.81. The van der Waals surface area contributed by atoms with Crippen LogP contribution in [0.1, 0.15) is 0 Å². The Balaban J connectivity index is 2.56. The van der Waals surface area contributed by atoms with Gasteiger partial charge in [0.1, 0.15) is 0 Å². The molecule has 0 aliphatic rings. The Kier molecular flexibility index (Phi) is 2.37. The number of methoxy groups -OCH3 is 1. The quantitative estimate of drug-likeness (QED) is 0.759. The Morgan fingerprint density at radius 2 is 2.21 bits per heavy atom. The highest BCUT2D eigenvalue weighted by molar-refractivity contribution is 6.28. The summed E-state index contributed by atoms with van der Waals surface area (Å²) in [5.41, 5.74) is 0. The highest BCUT2D eigenvalue weighted by Gasteiger charge is 2.08. The highest BCUT2D eigenvalue weighted by Crippen LogP contribution is 2.21. The number of imidazole rings is 1. The second-order valence-electron chi connectivity index (χ2n) is 2.60. The van der Waals surface area contributed by atoms with E-state index in [2.05, 4.69) is 9.97 Å². The molecule has 0 fully saturated rings. The van der Waals surface area contributed by atoms with Crippen LogP contribution in [0.3, 0.4) is 0 Å². The zero-order chi connectivity index (χ0) is 9.97. The molecule has 0 aliphatic carbocycles. The molecule has 0 aliphatic heterocycles. The molecule has 4 nitrogen and oxygen atoms in total. The number of nitrogens with zero attached hydrogens (tertiary/aromatic N) is 3. The van der Waals surface area contributed by atoms with Gasteiger partial charge in [0.25, 0.3) is 0 Å². The molecule has 0 aromatic carbocycles. The third kappa shape index (κ3) is 1.44. The van der Waals surface area contributed by atoms with Crippen molar-refractivity contribution < 1.29 is 4.74 Å². The standard InChI is InChI=1S/C9H8ClN3O/c1-14-7-3-2-4-11-8(7)13-6-5-12-9(13)10/h2-6H,1H3. The van der Waals surface area contributed by atoms with Gasteiger partial charge in [0.15, 0.2) is 11.6 Å². The fourth-order valence-electron chi connectivity index (χ4n) is 1.17. The first-order valence-corrected chi connectivity index (χ1v) is 4.39. The maximum atomic E-state index is 5.86. The first kappa shape index (κ1) is 9.02. The molecular weight excluding hydrogens is 202 g/mol. The molecule has 0 bridgehead atoms. The number of halogens is 1. The van der Waals surface area contributed by atoms with Gasteiger partial charge < -0.3 is 4.74 Å². The third-order valence-corrected chi connectivity index (χ3v) is 2.07. The van der Waals surface area contributed by atoms with Crippen LogP contribution in [0, 0.1) is 0 Å². The molecule has 0 atom stereocenters. The lowest BCUT2D eigenvalue weighted by Crippen LogP contribution is -1.99. The Morgan fingerprint density at radius 1 is 1.36 bits per heavy atom. The number of ether oxygens (including phenoxy) is 1. The van der Waals surface area contributed by atoms with Gasteiger partial charge in [-0.2, -0.15) is 0 Å². The third-order valence-electron chi connectivity index (χ3n) is 1.79. The van der Waals surface area contributed by atoms with Gasteiger partial charge in [-0.05, 0) is 23.7 Å². The molecule has 2 heterocycles. The number of hydrogen-bond donors (Lipinski definition) is 0. The summed E-state index contributed by atoms with van der Waals surface area (Å²) >= 11 is 5.86. The predicted octanol–water partition coefficient (Wildman–Crippen LogP) is 1.93. The van der Waals surface area contributed by atoms with Crippen LogP contribution in [-0.2, 0) is 0 Å². The molecule has 2 aromatic heterocycles. The normalized spacial score (nSPS) is 10.1. The van der Waals surface area contributed by atoms with Crippen LogP contribution in [0.2, 0.25) is 5.28 Å². The highest BCUT2D eigenvalue weighted by atomic mass is 35.5. The van der Waals surface area contributed by atoms with Crippen molar-refractivity contribution in [2.45, 2.75) is 0 Å². The zero-order valence-corrected chi connectivity index (χ0v) is 8.27. The zero-order valence-electron chi connectivity index (χ0n) is 7.51. The van der Waals surface area contributed by atoms with E-state index < -0.39 is 0 Å². The maximum Gasteiger partial charge on any atom is 0.208 e. The predicted molar refractivity (Wildman–Crippen MR) is 52.9 cm³/mol. The van der Waals surface area contributed by atoms with E-state index >= 15 is 0 Å². The maximum absolute atomic E-state index is 5.86. The van der Waals surface area contributed by atoms with E-state index in [-0.39, 0.29) is 0 Å². The van der Waals surface area contributed by atoms with Crippen LogP contribution in [0.15, 0.2) is 30.7 Å². The minimum absolute atomic E-state index is 0.363. The minimum Gasteiger partial charge on any atom is -0.493 e. The first-order chi connectivity index (χ1) is 6.83. The molecule has 2 aromatic rings. The topological polar surface area (TPSA) is 39.9 Å². The fourth-order valence-corrected chi connectivity index (χ4v) is 1.36. The molecule has 0 spiro atoms. The number of rotatable bonds is 2. The summed E-state index contributed by atoms with van der Waals surface area (Å²) in [4.78, 5) is 8.07. The van der Waals surface area contributed by atoms with Crippen LogP contribution in [0.25, 0.3) is 5.82 Å². The van der Waals surface area contributed by atoms with E-state index in [1.54, 1.807) is 36.3 Å². The van der Waals surface area contributed by atoms with Crippen LogP contribution < -0.4 is 4.74 Å². The Bertz CT molecular complexity index is 441. The van der Waals surface area contributed by atoms with E-state index in [9.17, 15) is 0 Å². The number of aromatic nitrogens is 3. The van der Waals surface area contributed by atoms with Crippen molar-refractivity contribution >= 4 is 11.6 Å². The second-order valence-corrected chi connectivity index (χ2v) is 2.93. The fraction of sp³-hybridized carbons (Fsp3) is 0.111. The van der Waals surface area contributed by atoms with Gasteiger partial charge in [-0.15, -0.1) is 0 Å². The molecule has 0 saturated heterocycles. The second kappa shape index (κ2) is 3.67. The van der Waals surface area contributed by atoms with Crippen molar-refractivity contribution in [1.82, 2.24) is 14.5 Å². The van der Waals surface area contributed by atoms with Crippen LogP contribution in [0.5, 0.6) is 5.75 Å². The van der Waals surface area contributed by atoms with Crippen molar-refractivity contribution in [2.75, 3.05) is 7.11 Å². The van der Waals surface area contributed by atoms with E-state index in [1.807, 2.05) is 6.07 Å². The summed E-state index contributed by atoms with van der Waals surface area (Å²) in [7, 11) is 1.59. The van der Waals surface area contributed by atoms with Gasteiger partial charge in [-0.3, -0.25) is 4.57 Å². The lowest BCUT2D eigenvalue weighted by atomic mass is 10.4. The average Bonchev–Trinajstić information content (AvgIpc) is 2.64. The van der Waals surface area contributed by atoms with Crippen LogP contribution in [0.4, 0.5) is 0 Å². The van der Waals surface area contributed by atoms with Crippen molar-refractivity contribution in [3.63, 3.8) is 0 Å². The van der Waals surface area contributed by atoms with Crippen molar-refractivity contribution in [3.8, 4) is 11.6 Å². The summed E-state index contributed by atoms with van der Waals surface area (Å²) in [5.74, 6) is 1.30. The molecule has 0 radical (unpaired) electrons. The Hall–Kier alpha value is -1.55. The molecule has 2 rings (SSSR count). The SMILES string of the molecule is COc1cccnc1-n1ccnc1Cl. The summed E-state index contributed by atoms with van der Waals surface area (Å²) in [5, 5.41) is 0.363. The summed E-state index contributed by atoms with van der Waals surface area (Å²) in [6.45, 7) is 0. The van der Waals surface area contributed by atoms with E-state index in [1.165, 1.54) is 0 Å². The van der Waals surface area contributed by atoms with Gasteiger partial charge in [-0.25, -0.2) is 9.97 Å². The van der Waals surface area contributed by atoms with Crippen molar-refractivity contribution in [2.24, 2.45) is 0 Å². The minimum atomic E-state index is 0.363. The van der Waals surface area contributed by atoms with Crippen molar-refractivity contribution in [1.29, 1.82) is 0 Å². The van der Waals surface area contributed by atoms with Crippen molar-refractivity contribution in [3.05, 3.63) is 36.0 Å². The number of hydrogen-bond acceptors (Lipinski definition) is 3. The molecule has 0 N–H and O–H groups in total. The molecule has 0 amide bonds. The average molecular weight is 210 g/mol. The smallest absolute Gasteiger partial charge is 0.208 e. The van der Waals surface area contributed by atoms with Gasteiger partial charge in [0, 0.05) is 18.6 Å². The Morgan fingerprint density at radius 3 is 2.86 bits per heavy atom. The van der Waals surface area contributed by atoms with E-state index in [0.29, 0.717) is 16.9 Å². The van der Waals surface area contributed by atoms with Crippen LogP contribution in [-0.4, -0.2) is 21.6 Å². The van der Waals surface area contributed by atoms with Gasteiger partial charge in [0.05, 0.1) is 7.11 Å². The van der Waals surface area contributed by atoms with Gasteiger partial charge >= 0.3 is 0 Å². The molecule has 5 heteroatoms. The summed E-state index contributed by atoms with van der Waals surface area (Å²) in [6, 6.07) is 3.62. The first-order valence-electron chi connectivity index (χ1n) is 4.01. The molecular formula is C9H8ClN3O. The molecule has 0 unspecified atom stereocenters. The van der Waals surface area contributed by atoms with E-state index in [4.69, 9.17) is 16.3 Å².